The van der Waals surface area contributed by atoms with Crippen LogP contribution >= 0.6 is 0 Å². The van der Waals surface area contributed by atoms with Crippen molar-refractivity contribution in [3.8, 4) is 0 Å². The number of Topliss-reactive ketones (excluding diaryl/α,β-unsaturated/α-hetero) is 1. The SMILES string of the molecule is COC(=O)C(=O)C1CCN(c2ccccc2)C1C(=O)OC. The fourth-order valence-electron chi connectivity index (χ4n) is 2.64. The van der Waals surface area contributed by atoms with Crippen LogP contribution in [0.3, 0.4) is 0 Å². The Bertz CT molecular complexity index is 542. The van der Waals surface area contributed by atoms with Gasteiger partial charge in [0.15, 0.2) is 0 Å². The second-order valence-corrected chi connectivity index (χ2v) is 4.75. The van der Waals surface area contributed by atoms with Crippen LogP contribution in [0.25, 0.3) is 0 Å². The van der Waals surface area contributed by atoms with E-state index in [2.05, 4.69) is 4.74 Å². The van der Waals surface area contributed by atoms with Gasteiger partial charge in [0.05, 0.1) is 20.1 Å². The summed E-state index contributed by atoms with van der Waals surface area (Å²) < 4.78 is 9.26. The molecule has 0 saturated carbocycles. The van der Waals surface area contributed by atoms with Gasteiger partial charge in [0.2, 0.25) is 5.78 Å². The second-order valence-electron chi connectivity index (χ2n) is 4.75. The summed E-state index contributed by atoms with van der Waals surface area (Å²) >= 11 is 0. The number of rotatable bonds is 4. The lowest BCUT2D eigenvalue weighted by atomic mass is 9.95. The molecule has 0 radical (unpaired) electrons. The van der Waals surface area contributed by atoms with Crippen LogP contribution in [-0.2, 0) is 23.9 Å². The first kappa shape index (κ1) is 15.0. The number of anilines is 1. The Hall–Kier alpha value is -2.37. The Morgan fingerprint density at radius 3 is 2.33 bits per heavy atom. The maximum atomic E-state index is 12.1. The van der Waals surface area contributed by atoms with Crippen LogP contribution in [0.2, 0.25) is 0 Å². The van der Waals surface area contributed by atoms with E-state index in [0.29, 0.717) is 13.0 Å². The van der Waals surface area contributed by atoms with Crippen molar-refractivity contribution < 1.29 is 23.9 Å². The van der Waals surface area contributed by atoms with Gasteiger partial charge in [-0.05, 0) is 18.6 Å². The number of esters is 2. The number of methoxy groups -OCH3 is 2. The number of nitrogens with zero attached hydrogens (tertiary/aromatic N) is 1. The van der Waals surface area contributed by atoms with Crippen molar-refractivity contribution >= 4 is 23.4 Å². The van der Waals surface area contributed by atoms with Crippen LogP contribution in [0.5, 0.6) is 0 Å². The largest absolute Gasteiger partial charge is 0.467 e. The molecule has 6 heteroatoms. The third-order valence-corrected chi connectivity index (χ3v) is 3.65. The third-order valence-electron chi connectivity index (χ3n) is 3.65. The van der Waals surface area contributed by atoms with Gasteiger partial charge in [-0.15, -0.1) is 0 Å². The molecule has 2 atom stereocenters. The highest BCUT2D eigenvalue weighted by atomic mass is 16.5. The molecular weight excluding hydrogens is 274 g/mol. The van der Waals surface area contributed by atoms with Gasteiger partial charge in [0.1, 0.15) is 6.04 Å². The van der Waals surface area contributed by atoms with Crippen LogP contribution < -0.4 is 4.90 Å². The van der Waals surface area contributed by atoms with Crippen molar-refractivity contribution in [2.24, 2.45) is 5.92 Å². The second kappa shape index (κ2) is 6.39. The summed E-state index contributed by atoms with van der Waals surface area (Å²) in [6.45, 7) is 0.497. The molecule has 0 amide bonds. The highest BCUT2D eigenvalue weighted by molar-refractivity contribution is 6.35. The van der Waals surface area contributed by atoms with E-state index in [1.54, 1.807) is 4.90 Å². The van der Waals surface area contributed by atoms with Gasteiger partial charge >= 0.3 is 11.9 Å². The number of benzene rings is 1. The number of carbonyl (C=O) groups excluding carboxylic acids is 3. The lowest BCUT2D eigenvalue weighted by molar-refractivity contribution is -0.155. The number of para-hydroxylation sites is 1. The summed E-state index contributed by atoms with van der Waals surface area (Å²) in [5.41, 5.74) is 0.813. The summed E-state index contributed by atoms with van der Waals surface area (Å²) in [5.74, 6) is -2.89. The quantitative estimate of drug-likeness (QED) is 0.603. The third kappa shape index (κ3) is 2.89. The molecule has 1 heterocycles. The highest BCUT2D eigenvalue weighted by Crippen LogP contribution is 2.31. The van der Waals surface area contributed by atoms with Crippen molar-refractivity contribution in [3.05, 3.63) is 30.3 Å². The number of hydrogen-bond donors (Lipinski definition) is 0. The lowest BCUT2D eigenvalue weighted by Gasteiger charge is -2.26. The Morgan fingerprint density at radius 2 is 1.76 bits per heavy atom. The minimum Gasteiger partial charge on any atom is -0.467 e. The first-order valence-electron chi connectivity index (χ1n) is 6.61. The zero-order valence-corrected chi connectivity index (χ0v) is 11.9. The van der Waals surface area contributed by atoms with E-state index >= 15 is 0 Å². The topological polar surface area (TPSA) is 72.9 Å². The zero-order chi connectivity index (χ0) is 15.4. The van der Waals surface area contributed by atoms with E-state index < -0.39 is 29.7 Å². The number of ketones is 1. The highest BCUT2D eigenvalue weighted by Gasteiger charge is 2.46. The molecule has 1 fully saturated rings. The van der Waals surface area contributed by atoms with Crippen LogP contribution in [0.1, 0.15) is 6.42 Å². The zero-order valence-electron chi connectivity index (χ0n) is 11.9. The van der Waals surface area contributed by atoms with Crippen molar-refractivity contribution in [2.75, 3.05) is 25.7 Å². The molecule has 0 N–H and O–H groups in total. The van der Waals surface area contributed by atoms with E-state index in [1.165, 1.54) is 7.11 Å². The molecule has 6 nitrogen and oxygen atoms in total. The predicted molar refractivity (Wildman–Crippen MR) is 74.7 cm³/mol. The number of hydrogen-bond acceptors (Lipinski definition) is 6. The molecule has 2 unspecified atom stereocenters. The van der Waals surface area contributed by atoms with Crippen LogP contribution in [0.15, 0.2) is 30.3 Å². The first-order valence-corrected chi connectivity index (χ1v) is 6.61. The average Bonchev–Trinajstić information content (AvgIpc) is 2.98. The van der Waals surface area contributed by atoms with Crippen LogP contribution in [0.4, 0.5) is 5.69 Å². The van der Waals surface area contributed by atoms with Crippen LogP contribution in [-0.4, -0.2) is 44.5 Å². The predicted octanol–water partition coefficient (Wildman–Crippen LogP) is 0.797. The van der Waals surface area contributed by atoms with Crippen LogP contribution in [0, 0.1) is 5.92 Å². The monoisotopic (exact) mass is 291 g/mol. The lowest BCUT2D eigenvalue weighted by Crippen LogP contribution is -2.44. The fourth-order valence-corrected chi connectivity index (χ4v) is 2.64. The average molecular weight is 291 g/mol. The normalized spacial score (nSPS) is 21.0. The van der Waals surface area contributed by atoms with Crippen molar-refractivity contribution in [2.45, 2.75) is 12.5 Å². The molecule has 1 aliphatic heterocycles. The summed E-state index contributed by atoms with van der Waals surface area (Å²) in [5, 5.41) is 0. The van der Waals surface area contributed by atoms with Gasteiger partial charge in [-0.2, -0.15) is 0 Å². The van der Waals surface area contributed by atoms with Gasteiger partial charge < -0.3 is 14.4 Å². The number of carbonyl (C=O) groups is 3. The van der Waals surface area contributed by atoms with E-state index in [4.69, 9.17) is 4.74 Å². The van der Waals surface area contributed by atoms with E-state index in [-0.39, 0.29) is 0 Å². The smallest absolute Gasteiger partial charge is 0.374 e. The Morgan fingerprint density at radius 1 is 1.10 bits per heavy atom. The van der Waals surface area contributed by atoms with Gasteiger partial charge in [-0.25, -0.2) is 9.59 Å². The molecule has 0 aliphatic carbocycles. The van der Waals surface area contributed by atoms with Crippen molar-refractivity contribution in [1.82, 2.24) is 0 Å². The minimum absolute atomic E-state index is 0.405. The standard InChI is InChI=1S/C15H17NO5/c1-20-14(18)12-11(13(17)15(19)21-2)8-9-16(12)10-6-4-3-5-7-10/h3-7,11-12H,8-9H2,1-2H3. The molecule has 1 saturated heterocycles. The molecule has 0 bridgehead atoms. The van der Waals surface area contributed by atoms with E-state index in [0.717, 1.165) is 12.8 Å². The summed E-state index contributed by atoms with van der Waals surface area (Å²) in [6, 6.07) is 8.45. The van der Waals surface area contributed by atoms with Gasteiger partial charge in [0, 0.05) is 12.2 Å². The molecule has 0 aromatic heterocycles. The Kier molecular flexibility index (Phi) is 4.57. The van der Waals surface area contributed by atoms with Gasteiger partial charge in [-0.3, -0.25) is 4.79 Å². The Labute approximate surface area is 122 Å². The molecular formula is C15H17NO5. The summed E-state index contributed by atoms with van der Waals surface area (Å²) in [7, 11) is 2.42. The molecule has 1 aliphatic rings. The molecule has 1 aromatic rings. The van der Waals surface area contributed by atoms with Crippen molar-refractivity contribution in [1.29, 1.82) is 0 Å². The molecule has 2 rings (SSSR count). The van der Waals surface area contributed by atoms with E-state index in [9.17, 15) is 14.4 Å². The Balaban J connectivity index is 2.31. The maximum absolute atomic E-state index is 12.1. The fraction of sp³-hybridized carbons (Fsp3) is 0.400. The first-order chi connectivity index (χ1) is 10.1. The number of ether oxygens (including phenoxy) is 2. The molecule has 1 aromatic carbocycles. The molecule has 112 valence electrons. The molecule has 21 heavy (non-hydrogen) atoms. The maximum Gasteiger partial charge on any atom is 0.374 e. The summed E-state index contributed by atoms with van der Waals surface area (Å²) in [6.07, 6.45) is 0.405. The van der Waals surface area contributed by atoms with Gasteiger partial charge in [-0.1, -0.05) is 18.2 Å². The molecule has 0 spiro atoms. The minimum atomic E-state index is -0.927. The van der Waals surface area contributed by atoms with Crippen molar-refractivity contribution in [3.63, 3.8) is 0 Å². The van der Waals surface area contributed by atoms with E-state index in [1.807, 2.05) is 30.3 Å². The summed E-state index contributed by atoms with van der Waals surface area (Å²) in [4.78, 5) is 37.4. The van der Waals surface area contributed by atoms with Gasteiger partial charge in [0.25, 0.3) is 0 Å².